The lowest BCUT2D eigenvalue weighted by molar-refractivity contribution is -0.141. The van der Waals surface area contributed by atoms with Gasteiger partial charge in [-0.1, -0.05) is 26.8 Å². The van der Waals surface area contributed by atoms with E-state index in [1.807, 2.05) is 12.4 Å². The molecule has 3 aliphatic heterocycles. The highest BCUT2D eigenvalue weighted by Gasteiger charge is 2.44. The van der Waals surface area contributed by atoms with E-state index >= 15 is 0 Å². The summed E-state index contributed by atoms with van der Waals surface area (Å²) in [6.45, 7) is 10.9. The van der Waals surface area contributed by atoms with Crippen LogP contribution in [0.2, 0.25) is 0 Å². The number of ether oxygens (including phenoxy) is 1. The minimum absolute atomic E-state index is 0.108. The maximum atomic E-state index is 13.8. The van der Waals surface area contributed by atoms with Crippen LogP contribution < -0.4 is 0 Å². The number of hydrogen-bond donors (Lipinski definition) is 2. The third-order valence-corrected chi connectivity index (χ3v) is 8.82. The number of aromatic nitrogens is 2. The van der Waals surface area contributed by atoms with Crippen molar-refractivity contribution in [2.24, 2.45) is 11.3 Å². The molecule has 6 rings (SSSR count). The summed E-state index contributed by atoms with van der Waals surface area (Å²) in [5.41, 5.74) is 7.20. The summed E-state index contributed by atoms with van der Waals surface area (Å²) in [5.74, 6) is 0.0516. The number of aromatic amines is 1. The lowest BCUT2D eigenvalue weighted by Crippen LogP contribution is -2.48. The monoisotopic (exact) mass is 530 g/mol. The van der Waals surface area contributed by atoms with E-state index in [4.69, 9.17) is 4.74 Å². The van der Waals surface area contributed by atoms with Gasteiger partial charge in [0.05, 0.1) is 24.6 Å². The number of aryl methyl sites for hydroxylation is 1. The first-order valence-electron chi connectivity index (χ1n) is 14.1. The topological polar surface area (TPSA) is 98.8 Å². The van der Waals surface area contributed by atoms with Crippen LogP contribution in [-0.2, 0) is 16.0 Å². The summed E-state index contributed by atoms with van der Waals surface area (Å²) in [4.78, 5) is 37.7. The Morgan fingerprint density at radius 2 is 1.92 bits per heavy atom. The van der Waals surface area contributed by atoms with Crippen LogP contribution in [0.25, 0.3) is 22.2 Å². The highest BCUT2D eigenvalue weighted by molar-refractivity contribution is 5.85. The molecule has 2 N–H and O–H groups in total. The maximum absolute atomic E-state index is 13.8. The fourth-order valence-electron chi connectivity index (χ4n) is 6.96. The van der Waals surface area contributed by atoms with Crippen molar-refractivity contribution in [3.05, 3.63) is 52.8 Å². The molecule has 0 radical (unpaired) electrons. The predicted molar refractivity (Wildman–Crippen MR) is 150 cm³/mol. The smallest absolute Gasteiger partial charge is 0.407 e. The van der Waals surface area contributed by atoms with E-state index in [-0.39, 0.29) is 29.3 Å². The second-order valence-corrected chi connectivity index (χ2v) is 12.5. The SMILES string of the molecule is Cc1c[nH]c2ncc(-c3cc4c(c([C@@H]5CCCN5C(=O)O)c3)C(C(C)(C)C)N(C(=O)C3CCOC3)CC4)cc12. The van der Waals surface area contributed by atoms with Gasteiger partial charge in [0.2, 0.25) is 5.91 Å². The Hall–Kier alpha value is -3.39. The lowest BCUT2D eigenvalue weighted by Gasteiger charge is -2.47. The van der Waals surface area contributed by atoms with Crippen molar-refractivity contribution in [3.8, 4) is 11.1 Å². The zero-order valence-corrected chi connectivity index (χ0v) is 23.3. The molecule has 0 aliphatic carbocycles. The Bertz CT molecular complexity index is 1430. The molecule has 3 aliphatic rings. The van der Waals surface area contributed by atoms with Gasteiger partial charge in [-0.15, -0.1) is 0 Å². The molecular formula is C31H38N4O4. The first-order valence-corrected chi connectivity index (χ1v) is 14.1. The van der Waals surface area contributed by atoms with E-state index in [1.54, 1.807) is 4.90 Å². The molecule has 0 saturated carbocycles. The number of carboxylic acid groups (broad SMARTS) is 1. The Morgan fingerprint density at radius 1 is 1.10 bits per heavy atom. The number of pyridine rings is 1. The van der Waals surface area contributed by atoms with Crippen LogP contribution in [0.1, 0.15) is 74.4 Å². The second kappa shape index (κ2) is 9.66. The highest BCUT2D eigenvalue weighted by Crippen LogP contribution is 2.49. The van der Waals surface area contributed by atoms with Gasteiger partial charge in [0.1, 0.15) is 5.65 Å². The fraction of sp³-hybridized carbons (Fsp3) is 0.516. The standard InChI is InChI=1S/C31H38N4O4/c1-18-15-32-28-23(18)14-22(16-33-28)21-12-19-7-10-35(29(36)20-8-11-39-17-20)27(31(2,3)4)26(19)24(13-21)25-6-5-9-34(25)30(37)38/h12-16,20,25,27H,5-11,17H2,1-4H3,(H,32,33)(H,37,38)/t20?,25-,27?/m0/s1. The third-order valence-electron chi connectivity index (χ3n) is 8.82. The summed E-state index contributed by atoms with van der Waals surface area (Å²) >= 11 is 0. The van der Waals surface area contributed by atoms with Crippen LogP contribution in [0.15, 0.2) is 30.6 Å². The average Bonchev–Trinajstić information content (AvgIpc) is 3.68. The number of nitrogens with one attached hydrogen (secondary N) is 1. The molecule has 5 heterocycles. The van der Waals surface area contributed by atoms with Crippen molar-refractivity contribution < 1.29 is 19.4 Å². The van der Waals surface area contributed by atoms with Crippen LogP contribution in [0.3, 0.4) is 0 Å². The van der Waals surface area contributed by atoms with E-state index in [9.17, 15) is 14.7 Å². The Morgan fingerprint density at radius 3 is 2.64 bits per heavy atom. The van der Waals surface area contributed by atoms with Gasteiger partial charge >= 0.3 is 6.09 Å². The van der Waals surface area contributed by atoms with Crippen molar-refractivity contribution >= 4 is 23.0 Å². The molecule has 0 bridgehead atoms. The highest BCUT2D eigenvalue weighted by atomic mass is 16.5. The number of carbonyl (C=O) groups excluding carboxylic acids is 1. The van der Waals surface area contributed by atoms with Crippen LogP contribution in [0.5, 0.6) is 0 Å². The minimum atomic E-state index is -0.887. The third kappa shape index (κ3) is 4.48. The van der Waals surface area contributed by atoms with E-state index in [0.29, 0.717) is 26.3 Å². The van der Waals surface area contributed by atoms with Gasteiger partial charge in [0, 0.05) is 43.0 Å². The molecule has 3 atom stereocenters. The van der Waals surface area contributed by atoms with Gasteiger partial charge in [-0.25, -0.2) is 9.78 Å². The number of nitrogens with zero attached hydrogens (tertiary/aromatic N) is 3. The average molecular weight is 531 g/mol. The van der Waals surface area contributed by atoms with Gasteiger partial charge in [-0.05, 0) is 78.0 Å². The normalized spacial score (nSPS) is 23.4. The van der Waals surface area contributed by atoms with Gasteiger partial charge < -0.3 is 24.6 Å². The number of rotatable bonds is 3. The molecule has 1 aromatic carbocycles. The summed E-state index contributed by atoms with van der Waals surface area (Å²) in [7, 11) is 0. The van der Waals surface area contributed by atoms with Crippen molar-refractivity contribution in [2.45, 2.75) is 65.5 Å². The molecule has 3 aromatic rings. The van der Waals surface area contributed by atoms with Crippen LogP contribution in [0, 0.1) is 18.3 Å². The van der Waals surface area contributed by atoms with Crippen molar-refractivity contribution in [2.75, 3.05) is 26.3 Å². The minimum Gasteiger partial charge on any atom is -0.465 e. The first kappa shape index (κ1) is 25.9. The number of amides is 2. The number of hydrogen-bond acceptors (Lipinski definition) is 4. The Balaban J connectivity index is 1.53. The van der Waals surface area contributed by atoms with E-state index in [0.717, 1.165) is 64.5 Å². The van der Waals surface area contributed by atoms with E-state index < -0.39 is 6.09 Å². The zero-order valence-electron chi connectivity index (χ0n) is 23.3. The Kier molecular flexibility index (Phi) is 6.41. The predicted octanol–water partition coefficient (Wildman–Crippen LogP) is 5.86. The van der Waals surface area contributed by atoms with Crippen molar-refractivity contribution in [1.29, 1.82) is 0 Å². The van der Waals surface area contributed by atoms with Crippen molar-refractivity contribution in [3.63, 3.8) is 0 Å². The van der Waals surface area contributed by atoms with Gasteiger partial charge in [0.25, 0.3) is 0 Å². The molecule has 2 amide bonds. The van der Waals surface area contributed by atoms with Gasteiger partial charge in [-0.2, -0.15) is 0 Å². The molecule has 8 nitrogen and oxygen atoms in total. The summed E-state index contributed by atoms with van der Waals surface area (Å²) in [6.07, 6.45) is 6.08. The van der Waals surface area contributed by atoms with E-state index in [1.165, 1.54) is 5.56 Å². The molecule has 0 spiro atoms. The summed E-state index contributed by atoms with van der Waals surface area (Å²) < 4.78 is 5.57. The van der Waals surface area contributed by atoms with Crippen molar-refractivity contribution in [1.82, 2.24) is 19.8 Å². The molecule has 2 unspecified atom stereocenters. The second-order valence-electron chi connectivity index (χ2n) is 12.5. The fourth-order valence-corrected chi connectivity index (χ4v) is 6.96. The zero-order chi connectivity index (χ0) is 27.5. The summed E-state index contributed by atoms with van der Waals surface area (Å²) in [5, 5.41) is 11.2. The van der Waals surface area contributed by atoms with E-state index in [2.05, 4.69) is 60.8 Å². The Labute approximate surface area is 229 Å². The van der Waals surface area contributed by atoms with Crippen LogP contribution in [0.4, 0.5) is 4.79 Å². The molecule has 206 valence electrons. The van der Waals surface area contributed by atoms with Crippen LogP contribution in [-0.4, -0.2) is 63.2 Å². The molecule has 8 heteroatoms. The molecule has 2 saturated heterocycles. The number of likely N-dealkylation sites (tertiary alicyclic amines) is 1. The largest absolute Gasteiger partial charge is 0.465 e. The lowest BCUT2D eigenvalue weighted by atomic mass is 9.73. The number of fused-ring (bicyclic) bond motifs is 2. The van der Waals surface area contributed by atoms with Gasteiger partial charge in [0.15, 0.2) is 0 Å². The summed E-state index contributed by atoms with van der Waals surface area (Å²) in [6, 6.07) is 6.21. The number of H-pyrrole nitrogens is 1. The number of benzene rings is 1. The van der Waals surface area contributed by atoms with Gasteiger partial charge in [-0.3, -0.25) is 4.79 Å². The molecule has 2 aromatic heterocycles. The van der Waals surface area contributed by atoms with Crippen LogP contribution >= 0.6 is 0 Å². The first-order chi connectivity index (χ1) is 18.6. The maximum Gasteiger partial charge on any atom is 0.407 e. The molecular weight excluding hydrogens is 492 g/mol. The molecule has 2 fully saturated rings. The molecule has 39 heavy (non-hydrogen) atoms. The quantitative estimate of drug-likeness (QED) is 0.442. The number of carbonyl (C=O) groups is 2.